The van der Waals surface area contributed by atoms with Crippen molar-refractivity contribution in [2.75, 3.05) is 85.3 Å². The van der Waals surface area contributed by atoms with Gasteiger partial charge in [0.05, 0.1) is 17.7 Å². The highest BCUT2D eigenvalue weighted by Gasteiger charge is 2.19. The second-order valence-corrected chi connectivity index (χ2v) is 13.9. The van der Waals surface area contributed by atoms with Gasteiger partial charge < -0.3 is 23.9 Å². The van der Waals surface area contributed by atoms with Crippen molar-refractivity contribution in [3.8, 4) is 34.4 Å². The quantitative estimate of drug-likeness (QED) is 0.128. The van der Waals surface area contributed by atoms with Crippen LogP contribution in [0.3, 0.4) is 0 Å². The fourth-order valence-electron chi connectivity index (χ4n) is 7.11. The van der Waals surface area contributed by atoms with E-state index < -0.39 is 0 Å². The van der Waals surface area contributed by atoms with Crippen molar-refractivity contribution in [1.29, 1.82) is 0 Å². The molecule has 0 spiro atoms. The first-order valence-electron chi connectivity index (χ1n) is 18.3. The largest absolute Gasteiger partial charge is 0.493 e. The number of aromatic nitrogens is 2. The van der Waals surface area contributed by atoms with Crippen LogP contribution < -0.4 is 18.9 Å². The summed E-state index contributed by atoms with van der Waals surface area (Å²) in [5.74, 6) is 3.79. The maximum atomic E-state index is 6.48. The SMILES string of the molecule is Clc1ccc(CCOc2ccc(-c3nc4c(OCCN5CCCC5)cc(OCCN5CCCC5)cc4[nH]3)c(OCCN3CCCC3)c2)cc1. The molecule has 3 saturated heterocycles. The van der Waals surface area contributed by atoms with Crippen molar-refractivity contribution in [3.05, 3.63) is 65.2 Å². The van der Waals surface area contributed by atoms with Crippen LogP contribution >= 0.6 is 11.6 Å². The summed E-state index contributed by atoms with van der Waals surface area (Å²) >= 11 is 6.07. The van der Waals surface area contributed by atoms with E-state index in [2.05, 4.69) is 19.7 Å². The predicted molar refractivity (Wildman–Crippen MR) is 196 cm³/mol. The summed E-state index contributed by atoms with van der Waals surface area (Å²) in [7, 11) is 0. The lowest BCUT2D eigenvalue weighted by Gasteiger charge is -2.17. The molecule has 3 aromatic carbocycles. The number of nitrogens with zero attached hydrogens (tertiary/aromatic N) is 4. The highest BCUT2D eigenvalue weighted by molar-refractivity contribution is 6.30. The van der Waals surface area contributed by atoms with E-state index in [1.807, 2.05) is 54.6 Å². The summed E-state index contributed by atoms with van der Waals surface area (Å²) in [5.41, 5.74) is 3.76. The van der Waals surface area contributed by atoms with E-state index in [0.29, 0.717) is 26.4 Å². The standard InChI is InChI=1S/C39H50ClN5O4/c40-31-9-7-30(8-10-31)13-23-46-32-11-12-34(36(28-32)48-25-21-44-16-3-4-17-44)39-41-35-27-33(47-24-20-43-14-1-2-15-43)29-37(38(35)42-39)49-26-22-45-18-5-6-19-45/h7-12,27-29H,1-6,13-26H2,(H,41,42). The first-order chi connectivity index (χ1) is 24.2. The molecule has 3 aliphatic rings. The summed E-state index contributed by atoms with van der Waals surface area (Å²) in [6.07, 6.45) is 8.39. The Labute approximate surface area is 295 Å². The number of fused-ring (bicyclic) bond motifs is 1. The van der Waals surface area contributed by atoms with Crippen LogP contribution in [0.1, 0.15) is 44.1 Å². The molecule has 0 saturated carbocycles. The molecule has 3 fully saturated rings. The Balaban J connectivity index is 1.11. The maximum Gasteiger partial charge on any atom is 0.150 e. The van der Waals surface area contributed by atoms with Gasteiger partial charge in [-0.1, -0.05) is 23.7 Å². The van der Waals surface area contributed by atoms with Gasteiger partial charge in [0.1, 0.15) is 48.4 Å². The molecule has 0 amide bonds. The third kappa shape index (κ3) is 9.39. The summed E-state index contributed by atoms with van der Waals surface area (Å²) in [4.78, 5) is 16.1. The predicted octanol–water partition coefficient (Wildman–Crippen LogP) is 6.93. The Bertz CT molecular complexity index is 1630. The molecule has 0 bridgehead atoms. The Morgan fingerprint density at radius 2 is 1.14 bits per heavy atom. The van der Waals surface area contributed by atoms with Gasteiger partial charge in [0.25, 0.3) is 0 Å². The average Bonchev–Trinajstić information content (AvgIpc) is 3.95. The number of nitrogens with one attached hydrogen (secondary N) is 1. The van der Waals surface area contributed by atoms with Gasteiger partial charge in [-0.2, -0.15) is 0 Å². The van der Waals surface area contributed by atoms with Crippen LogP contribution in [0, 0.1) is 0 Å². The van der Waals surface area contributed by atoms with E-state index in [1.54, 1.807) is 0 Å². The van der Waals surface area contributed by atoms with Crippen molar-refractivity contribution < 1.29 is 18.9 Å². The number of imidazole rings is 1. The third-order valence-corrected chi connectivity index (χ3v) is 10.2. The molecular weight excluding hydrogens is 638 g/mol. The molecule has 1 N–H and O–H groups in total. The van der Waals surface area contributed by atoms with Gasteiger partial charge in [-0.05, 0) is 108 Å². The van der Waals surface area contributed by atoms with Gasteiger partial charge in [-0.15, -0.1) is 0 Å². The number of likely N-dealkylation sites (tertiary alicyclic amines) is 3. The number of hydrogen-bond acceptors (Lipinski definition) is 8. The molecular formula is C39H50ClN5O4. The minimum absolute atomic E-state index is 0.553. The fraction of sp³-hybridized carbons (Fsp3) is 0.513. The second-order valence-electron chi connectivity index (χ2n) is 13.5. The third-order valence-electron chi connectivity index (χ3n) is 9.91. The number of H-pyrrole nitrogens is 1. The molecule has 0 radical (unpaired) electrons. The summed E-state index contributed by atoms with van der Waals surface area (Å²) in [6.45, 7) is 12.0. The molecule has 0 aliphatic carbocycles. The zero-order valence-corrected chi connectivity index (χ0v) is 29.4. The number of rotatable bonds is 17. The minimum Gasteiger partial charge on any atom is -0.493 e. The molecule has 262 valence electrons. The molecule has 7 rings (SSSR count). The van der Waals surface area contributed by atoms with E-state index in [-0.39, 0.29) is 0 Å². The van der Waals surface area contributed by atoms with E-state index in [4.69, 9.17) is 35.5 Å². The van der Waals surface area contributed by atoms with Crippen LogP contribution in [0.25, 0.3) is 22.4 Å². The average molecular weight is 688 g/mol. The topological polar surface area (TPSA) is 75.3 Å². The zero-order valence-electron chi connectivity index (χ0n) is 28.6. The van der Waals surface area contributed by atoms with Gasteiger partial charge >= 0.3 is 0 Å². The fourth-order valence-corrected chi connectivity index (χ4v) is 7.23. The molecule has 1 aromatic heterocycles. The number of ether oxygens (including phenoxy) is 4. The second kappa shape index (κ2) is 16.9. The Hall–Kier alpha value is -3.50. The van der Waals surface area contributed by atoms with E-state index in [0.717, 1.165) is 116 Å². The summed E-state index contributed by atoms with van der Waals surface area (Å²) in [5, 5.41) is 0.739. The lowest BCUT2D eigenvalue weighted by molar-refractivity contribution is 0.231. The molecule has 0 atom stereocenters. The first kappa shape index (κ1) is 34.0. The van der Waals surface area contributed by atoms with Crippen LogP contribution in [0.4, 0.5) is 0 Å². The van der Waals surface area contributed by atoms with Gasteiger partial charge in [-0.3, -0.25) is 14.7 Å². The lowest BCUT2D eigenvalue weighted by atomic mass is 10.1. The molecule has 49 heavy (non-hydrogen) atoms. The number of halogens is 1. The summed E-state index contributed by atoms with van der Waals surface area (Å²) < 4.78 is 25.4. The number of benzene rings is 3. The van der Waals surface area contributed by atoms with Crippen LogP contribution in [0.2, 0.25) is 5.02 Å². The molecule has 9 nitrogen and oxygen atoms in total. The van der Waals surface area contributed by atoms with Crippen molar-refractivity contribution in [2.24, 2.45) is 0 Å². The Morgan fingerprint density at radius 1 is 0.592 bits per heavy atom. The highest BCUT2D eigenvalue weighted by Crippen LogP contribution is 2.37. The van der Waals surface area contributed by atoms with Crippen LogP contribution in [0.15, 0.2) is 54.6 Å². The van der Waals surface area contributed by atoms with E-state index in [9.17, 15) is 0 Å². The molecule has 4 heterocycles. The van der Waals surface area contributed by atoms with Gasteiger partial charge in [0.2, 0.25) is 0 Å². The van der Waals surface area contributed by atoms with Gasteiger partial charge in [-0.25, -0.2) is 4.98 Å². The van der Waals surface area contributed by atoms with Crippen LogP contribution in [0.5, 0.6) is 23.0 Å². The Morgan fingerprint density at radius 3 is 1.78 bits per heavy atom. The van der Waals surface area contributed by atoms with E-state index >= 15 is 0 Å². The van der Waals surface area contributed by atoms with Crippen molar-refractivity contribution in [3.63, 3.8) is 0 Å². The van der Waals surface area contributed by atoms with Crippen LogP contribution in [-0.4, -0.2) is 110 Å². The Kier molecular flexibility index (Phi) is 11.7. The highest BCUT2D eigenvalue weighted by atomic mass is 35.5. The number of aromatic amines is 1. The normalized spacial score (nSPS) is 17.3. The zero-order chi connectivity index (χ0) is 33.3. The van der Waals surface area contributed by atoms with Gasteiger partial charge in [0, 0.05) is 49.3 Å². The molecule has 3 aliphatic heterocycles. The number of hydrogen-bond donors (Lipinski definition) is 1. The molecule has 4 aromatic rings. The maximum absolute atomic E-state index is 6.48. The van der Waals surface area contributed by atoms with Crippen molar-refractivity contribution >= 4 is 22.6 Å². The monoisotopic (exact) mass is 687 g/mol. The minimum atomic E-state index is 0.553. The summed E-state index contributed by atoms with van der Waals surface area (Å²) in [6, 6.07) is 18.0. The molecule has 0 unspecified atom stereocenters. The van der Waals surface area contributed by atoms with E-state index in [1.165, 1.54) is 44.1 Å². The van der Waals surface area contributed by atoms with Gasteiger partial charge in [0.15, 0.2) is 5.75 Å². The first-order valence-corrected chi connectivity index (χ1v) is 18.6. The van der Waals surface area contributed by atoms with Crippen LogP contribution in [-0.2, 0) is 6.42 Å². The van der Waals surface area contributed by atoms with Crippen molar-refractivity contribution in [2.45, 2.75) is 44.9 Å². The smallest absolute Gasteiger partial charge is 0.150 e. The lowest BCUT2D eigenvalue weighted by Crippen LogP contribution is -2.25. The van der Waals surface area contributed by atoms with Crippen molar-refractivity contribution in [1.82, 2.24) is 24.7 Å². The molecule has 10 heteroatoms.